The topological polar surface area (TPSA) is 37.4 Å². The summed E-state index contributed by atoms with van der Waals surface area (Å²) in [6.07, 6.45) is 7.50. The zero-order valence-corrected chi connectivity index (χ0v) is 13.9. The first-order chi connectivity index (χ1) is 12.1. The number of rotatable bonds is 2. The molecule has 0 fully saturated rings. The molecule has 4 rings (SSSR count). The molecule has 2 aromatic rings. The number of ketones is 2. The highest BCUT2D eigenvalue weighted by atomic mass is 16.2. The molecule has 0 aromatic heterocycles. The van der Waals surface area contributed by atoms with Crippen molar-refractivity contribution < 1.29 is 9.59 Å². The lowest BCUT2D eigenvalue weighted by atomic mass is 10.0. The van der Waals surface area contributed by atoms with Gasteiger partial charge in [0.15, 0.2) is 11.6 Å². The summed E-state index contributed by atoms with van der Waals surface area (Å²) in [5.74, 6) is -0.367. The molecule has 0 bridgehead atoms. The summed E-state index contributed by atoms with van der Waals surface area (Å²) in [6.45, 7) is 2.82. The normalized spacial score (nSPS) is 16.0. The highest BCUT2D eigenvalue weighted by Crippen LogP contribution is 2.30. The van der Waals surface area contributed by atoms with E-state index < -0.39 is 0 Å². The van der Waals surface area contributed by atoms with Crippen LogP contribution in [-0.2, 0) is 6.54 Å². The van der Waals surface area contributed by atoms with Crippen LogP contribution in [0.2, 0.25) is 0 Å². The first-order valence-corrected chi connectivity index (χ1v) is 8.24. The van der Waals surface area contributed by atoms with Gasteiger partial charge in [-0.25, -0.2) is 0 Å². The summed E-state index contributed by atoms with van der Waals surface area (Å²) in [5, 5.41) is 0. The Kier molecular flexibility index (Phi) is 3.69. The van der Waals surface area contributed by atoms with E-state index in [4.69, 9.17) is 0 Å². The second-order valence-electron chi connectivity index (χ2n) is 6.33. The Hall–Kier alpha value is -3.20. The second-order valence-corrected chi connectivity index (χ2v) is 6.33. The molecule has 3 heteroatoms. The minimum Gasteiger partial charge on any atom is -0.350 e. The van der Waals surface area contributed by atoms with Gasteiger partial charge in [-0.2, -0.15) is 0 Å². The van der Waals surface area contributed by atoms with Crippen molar-refractivity contribution >= 4 is 11.6 Å². The van der Waals surface area contributed by atoms with Crippen LogP contribution in [0, 0.1) is 6.92 Å². The van der Waals surface area contributed by atoms with E-state index in [1.165, 1.54) is 11.1 Å². The predicted octanol–water partition coefficient (Wildman–Crippen LogP) is 4.21. The van der Waals surface area contributed by atoms with Crippen molar-refractivity contribution in [3.63, 3.8) is 0 Å². The lowest BCUT2D eigenvalue weighted by Crippen LogP contribution is -2.13. The lowest BCUT2D eigenvalue weighted by Gasteiger charge is -2.19. The minimum absolute atomic E-state index is 0.183. The molecule has 2 aromatic carbocycles. The summed E-state index contributed by atoms with van der Waals surface area (Å²) in [6, 6.07) is 15.3. The van der Waals surface area contributed by atoms with Gasteiger partial charge in [-0.1, -0.05) is 54.1 Å². The van der Waals surface area contributed by atoms with Crippen LogP contribution in [0.15, 0.2) is 84.2 Å². The van der Waals surface area contributed by atoms with Crippen molar-refractivity contribution in [3.05, 3.63) is 106 Å². The highest BCUT2D eigenvalue weighted by molar-refractivity contribution is 6.40. The molecule has 122 valence electrons. The number of nitrogens with zero attached hydrogens (tertiary/aromatic N) is 1. The van der Waals surface area contributed by atoms with Crippen LogP contribution in [0.1, 0.15) is 31.8 Å². The average molecular weight is 327 g/mol. The third kappa shape index (κ3) is 2.74. The smallest absolute Gasteiger partial charge is 0.198 e. The number of aryl methyl sites for hydroxylation is 1. The zero-order valence-electron chi connectivity index (χ0n) is 13.9. The van der Waals surface area contributed by atoms with Gasteiger partial charge in [0.2, 0.25) is 0 Å². The molecule has 0 saturated heterocycles. The Balaban J connectivity index is 1.59. The molecule has 1 heterocycles. The van der Waals surface area contributed by atoms with Crippen LogP contribution in [0.4, 0.5) is 0 Å². The molecule has 3 nitrogen and oxygen atoms in total. The number of Topliss-reactive ketones (excluding diaryl/α,β-unsaturated/α-hetero) is 2. The van der Waals surface area contributed by atoms with E-state index >= 15 is 0 Å². The van der Waals surface area contributed by atoms with E-state index in [0.29, 0.717) is 16.7 Å². The fraction of sp³-hybridized carbons (Fsp3) is 0.0909. The molecule has 0 atom stereocenters. The molecule has 0 saturated carbocycles. The van der Waals surface area contributed by atoms with Crippen LogP contribution in [0.3, 0.4) is 0 Å². The molecule has 25 heavy (non-hydrogen) atoms. The summed E-state index contributed by atoms with van der Waals surface area (Å²) < 4.78 is 0. The van der Waals surface area contributed by atoms with Crippen LogP contribution in [0.5, 0.6) is 0 Å². The summed E-state index contributed by atoms with van der Waals surface area (Å²) in [7, 11) is 0. The number of hydrogen-bond acceptors (Lipinski definition) is 3. The van der Waals surface area contributed by atoms with Gasteiger partial charge in [-0.05, 0) is 30.2 Å². The third-order valence-electron chi connectivity index (χ3n) is 4.50. The fourth-order valence-corrected chi connectivity index (χ4v) is 3.26. The lowest BCUT2D eigenvalue weighted by molar-refractivity contribution is 0.0988. The van der Waals surface area contributed by atoms with E-state index in [2.05, 4.69) is 25.1 Å². The molecule has 1 aliphatic carbocycles. The first kappa shape index (κ1) is 15.3. The van der Waals surface area contributed by atoms with Crippen molar-refractivity contribution in [2.24, 2.45) is 0 Å². The minimum atomic E-state index is -0.183. The van der Waals surface area contributed by atoms with Gasteiger partial charge >= 0.3 is 0 Å². The van der Waals surface area contributed by atoms with Crippen molar-refractivity contribution in [3.8, 4) is 0 Å². The molecule has 0 unspecified atom stereocenters. The Morgan fingerprint density at radius 1 is 0.840 bits per heavy atom. The number of carbonyl (C=O) groups is 2. The fourth-order valence-electron chi connectivity index (χ4n) is 3.26. The van der Waals surface area contributed by atoms with E-state index in [0.717, 1.165) is 6.54 Å². The van der Waals surface area contributed by atoms with E-state index in [1.54, 1.807) is 24.3 Å². The molecule has 2 aliphatic rings. The van der Waals surface area contributed by atoms with E-state index in [-0.39, 0.29) is 17.1 Å². The summed E-state index contributed by atoms with van der Waals surface area (Å²) in [5.41, 5.74) is 4.38. The molecular weight excluding hydrogens is 310 g/mol. The van der Waals surface area contributed by atoms with Gasteiger partial charge in [0, 0.05) is 30.1 Å². The molecule has 0 radical (unpaired) electrons. The van der Waals surface area contributed by atoms with Crippen molar-refractivity contribution in [2.75, 3.05) is 0 Å². The molecule has 1 aliphatic heterocycles. The molecular formula is C22H17NO2. The van der Waals surface area contributed by atoms with Gasteiger partial charge in [-0.15, -0.1) is 0 Å². The molecule has 0 amide bonds. The van der Waals surface area contributed by atoms with Gasteiger partial charge < -0.3 is 4.90 Å². The average Bonchev–Trinajstić information content (AvgIpc) is 2.87. The maximum Gasteiger partial charge on any atom is 0.198 e. The maximum atomic E-state index is 12.6. The van der Waals surface area contributed by atoms with Crippen molar-refractivity contribution in [2.45, 2.75) is 13.5 Å². The second kappa shape index (κ2) is 6.02. The number of fused-ring (bicyclic) bond motifs is 1. The quantitative estimate of drug-likeness (QED) is 0.612. The number of benzene rings is 2. The molecule has 0 N–H and O–H groups in total. The van der Waals surface area contributed by atoms with Crippen LogP contribution in [-0.4, -0.2) is 16.5 Å². The van der Waals surface area contributed by atoms with Gasteiger partial charge in [0.05, 0.1) is 5.57 Å². The van der Waals surface area contributed by atoms with Crippen LogP contribution >= 0.6 is 0 Å². The number of carbonyl (C=O) groups excluding carboxylic acids is 2. The summed E-state index contributed by atoms with van der Waals surface area (Å²) >= 11 is 0. The summed E-state index contributed by atoms with van der Waals surface area (Å²) in [4.78, 5) is 27.2. The van der Waals surface area contributed by atoms with Crippen LogP contribution in [0.25, 0.3) is 0 Å². The maximum absolute atomic E-state index is 12.6. The van der Waals surface area contributed by atoms with E-state index in [9.17, 15) is 9.59 Å². The molecule has 0 spiro atoms. The number of hydrogen-bond donors (Lipinski definition) is 0. The SMILES string of the molecule is Cc1cccc(CN2C=CC(=C3C(=O)c4ccccc4C3=O)C=C2)c1. The third-order valence-corrected chi connectivity index (χ3v) is 4.50. The van der Waals surface area contributed by atoms with Crippen molar-refractivity contribution in [1.29, 1.82) is 0 Å². The van der Waals surface area contributed by atoms with Crippen LogP contribution < -0.4 is 0 Å². The first-order valence-electron chi connectivity index (χ1n) is 8.24. The Bertz CT molecular complexity index is 926. The van der Waals surface area contributed by atoms with E-state index in [1.807, 2.05) is 35.5 Å². The standard InChI is InChI=1S/C22H17NO2/c1-15-5-4-6-16(13-15)14-23-11-9-17(10-12-23)20-21(24)18-7-2-3-8-19(18)22(20)25/h2-13H,14H2,1H3. The zero-order chi connectivity index (χ0) is 17.4. The number of allylic oxidation sites excluding steroid dienone is 4. The van der Waals surface area contributed by atoms with Gasteiger partial charge in [0.25, 0.3) is 0 Å². The Morgan fingerprint density at radius 2 is 1.48 bits per heavy atom. The van der Waals surface area contributed by atoms with Crippen molar-refractivity contribution in [1.82, 2.24) is 4.90 Å². The highest BCUT2D eigenvalue weighted by Gasteiger charge is 2.34. The monoisotopic (exact) mass is 327 g/mol. The largest absolute Gasteiger partial charge is 0.350 e. The predicted molar refractivity (Wildman–Crippen MR) is 97.1 cm³/mol. The van der Waals surface area contributed by atoms with Gasteiger partial charge in [-0.3, -0.25) is 9.59 Å². The Morgan fingerprint density at radius 3 is 2.08 bits per heavy atom. The van der Waals surface area contributed by atoms with Gasteiger partial charge in [0.1, 0.15) is 0 Å². The Labute approximate surface area is 146 Å².